The van der Waals surface area contributed by atoms with E-state index in [0.29, 0.717) is 22.1 Å². The van der Waals surface area contributed by atoms with E-state index in [1.54, 1.807) is 36.0 Å². The quantitative estimate of drug-likeness (QED) is 0.782. The summed E-state index contributed by atoms with van der Waals surface area (Å²) in [6.45, 7) is 1.62. The molecule has 1 aliphatic rings. The summed E-state index contributed by atoms with van der Waals surface area (Å²) in [5.74, 6) is 0.646. The molecule has 0 saturated carbocycles. The number of hydrogen-bond acceptors (Lipinski definition) is 4. The highest BCUT2D eigenvalue weighted by Crippen LogP contribution is 2.22. The van der Waals surface area contributed by atoms with Crippen molar-refractivity contribution in [2.45, 2.75) is 18.1 Å². The number of hydrogen-bond donors (Lipinski definition) is 0. The fourth-order valence-electron chi connectivity index (χ4n) is 1.85. The number of thioether (sulfide) groups is 1. The Morgan fingerprint density at radius 1 is 1.33 bits per heavy atom. The van der Waals surface area contributed by atoms with Gasteiger partial charge in [-0.3, -0.25) is 4.79 Å². The molecular formula is C14H15NO2S. The van der Waals surface area contributed by atoms with Gasteiger partial charge in [-0.15, -0.1) is 0 Å². The summed E-state index contributed by atoms with van der Waals surface area (Å²) in [4.78, 5) is 12.0. The van der Waals surface area contributed by atoms with Crippen molar-refractivity contribution in [3.05, 3.63) is 35.4 Å². The average Bonchev–Trinajstić information content (AvgIpc) is 2.46. The van der Waals surface area contributed by atoms with Crippen LogP contribution >= 0.6 is 11.8 Å². The van der Waals surface area contributed by atoms with Crippen molar-refractivity contribution in [2.75, 3.05) is 19.0 Å². The summed E-state index contributed by atoms with van der Waals surface area (Å²) < 4.78 is 5.29. The standard InChI is InChI=1S/C14H15NO2S/c15-9-11-1-3-12(4-2-11)14(16)10-18-13-5-7-17-8-6-13/h1-4,13H,5-8,10H2. The third-order valence-electron chi connectivity index (χ3n) is 2.95. The third-order valence-corrected chi connectivity index (χ3v) is 4.33. The fourth-order valence-corrected chi connectivity index (χ4v) is 2.93. The summed E-state index contributed by atoms with van der Waals surface area (Å²) >= 11 is 1.72. The molecule has 0 unspecified atom stereocenters. The van der Waals surface area contributed by atoms with Gasteiger partial charge < -0.3 is 4.74 Å². The van der Waals surface area contributed by atoms with Crippen molar-refractivity contribution >= 4 is 17.5 Å². The lowest BCUT2D eigenvalue weighted by molar-refractivity contribution is 0.0988. The monoisotopic (exact) mass is 261 g/mol. The van der Waals surface area contributed by atoms with E-state index in [2.05, 4.69) is 0 Å². The molecule has 1 aromatic rings. The molecule has 0 spiro atoms. The lowest BCUT2D eigenvalue weighted by atomic mass is 10.1. The molecule has 0 N–H and O–H groups in total. The highest BCUT2D eigenvalue weighted by Gasteiger charge is 2.16. The van der Waals surface area contributed by atoms with E-state index in [1.807, 2.05) is 6.07 Å². The number of nitriles is 1. The first-order valence-electron chi connectivity index (χ1n) is 6.02. The van der Waals surface area contributed by atoms with Crippen molar-refractivity contribution in [1.29, 1.82) is 5.26 Å². The van der Waals surface area contributed by atoms with E-state index in [4.69, 9.17) is 10.00 Å². The van der Waals surface area contributed by atoms with Gasteiger partial charge in [-0.25, -0.2) is 0 Å². The first kappa shape index (κ1) is 13.1. The Balaban J connectivity index is 1.85. The second-order valence-corrected chi connectivity index (χ2v) is 5.52. The van der Waals surface area contributed by atoms with Crippen LogP contribution in [0.15, 0.2) is 24.3 Å². The molecule has 0 atom stereocenters. The molecule has 1 saturated heterocycles. The van der Waals surface area contributed by atoms with Crippen LogP contribution in [0, 0.1) is 11.3 Å². The Hall–Kier alpha value is -1.31. The maximum atomic E-state index is 12.0. The van der Waals surface area contributed by atoms with E-state index >= 15 is 0 Å². The number of Topliss-reactive ketones (excluding diaryl/α,β-unsaturated/α-hetero) is 1. The Bertz CT molecular complexity index is 444. The van der Waals surface area contributed by atoms with Crippen LogP contribution in [0.4, 0.5) is 0 Å². The van der Waals surface area contributed by atoms with Crippen LogP contribution in [0.2, 0.25) is 0 Å². The van der Waals surface area contributed by atoms with Gasteiger partial charge in [0.05, 0.1) is 17.4 Å². The van der Waals surface area contributed by atoms with Crippen LogP contribution in [-0.2, 0) is 4.74 Å². The van der Waals surface area contributed by atoms with E-state index in [9.17, 15) is 4.79 Å². The van der Waals surface area contributed by atoms with Gasteiger partial charge in [0.2, 0.25) is 0 Å². The molecule has 2 rings (SSSR count). The van der Waals surface area contributed by atoms with Gasteiger partial charge in [0.15, 0.2) is 5.78 Å². The molecule has 1 aliphatic heterocycles. The zero-order chi connectivity index (χ0) is 12.8. The lowest BCUT2D eigenvalue weighted by Gasteiger charge is -2.21. The van der Waals surface area contributed by atoms with Crippen molar-refractivity contribution in [3.8, 4) is 6.07 Å². The minimum atomic E-state index is 0.135. The molecule has 0 bridgehead atoms. The van der Waals surface area contributed by atoms with Gasteiger partial charge in [-0.2, -0.15) is 17.0 Å². The highest BCUT2D eigenvalue weighted by molar-refractivity contribution is 8.00. The summed E-state index contributed by atoms with van der Waals surface area (Å²) in [5, 5.41) is 9.23. The third kappa shape index (κ3) is 3.59. The van der Waals surface area contributed by atoms with Crippen LogP contribution in [0.5, 0.6) is 0 Å². The number of ether oxygens (including phenoxy) is 1. The second kappa shape index (κ2) is 6.58. The summed E-state index contributed by atoms with van der Waals surface area (Å²) in [6, 6.07) is 8.88. The van der Waals surface area contributed by atoms with Gasteiger partial charge in [0.25, 0.3) is 0 Å². The molecule has 3 nitrogen and oxygen atoms in total. The van der Waals surface area contributed by atoms with E-state index in [-0.39, 0.29) is 5.78 Å². The molecule has 0 radical (unpaired) electrons. The largest absolute Gasteiger partial charge is 0.381 e. The van der Waals surface area contributed by atoms with Crippen molar-refractivity contribution in [3.63, 3.8) is 0 Å². The SMILES string of the molecule is N#Cc1ccc(C(=O)CSC2CCOCC2)cc1. The topological polar surface area (TPSA) is 50.1 Å². The Morgan fingerprint density at radius 2 is 2.00 bits per heavy atom. The Labute approximate surface area is 111 Å². The average molecular weight is 261 g/mol. The predicted octanol–water partition coefficient (Wildman–Crippen LogP) is 2.65. The predicted molar refractivity (Wildman–Crippen MR) is 71.8 cm³/mol. The zero-order valence-electron chi connectivity index (χ0n) is 10.1. The van der Waals surface area contributed by atoms with E-state index in [0.717, 1.165) is 26.1 Å². The minimum Gasteiger partial charge on any atom is -0.381 e. The molecule has 94 valence electrons. The van der Waals surface area contributed by atoms with Crippen LogP contribution in [0.25, 0.3) is 0 Å². The number of nitrogens with zero attached hydrogens (tertiary/aromatic N) is 1. The van der Waals surface area contributed by atoms with Crippen molar-refractivity contribution < 1.29 is 9.53 Å². The van der Waals surface area contributed by atoms with E-state index < -0.39 is 0 Å². The van der Waals surface area contributed by atoms with Gasteiger partial charge in [-0.1, -0.05) is 12.1 Å². The van der Waals surface area contributed by atoms with Gasteiger partial charge in [-0.05, 0) is 25.0 Å². The molecule has 0 aliphatic carbocycles. The normalized spacial score (nSPS) is 16.2. The number of carbonyl (C=O) groups is 1. The molecule has 0 aromatic heterocycles. The highest BCUT2D eigenvalue weighted by atomic mass is 32.2. The molecular weight excluding hydrogens is 246 g/mol. The molecule has 4 heteroatoms. The van der Waals surface area contributed by atoms with Crippen LogP contribution in [-0.4, -0.2) is 30.0 Å². The van der Waals surface area contributed by atoms with Crippen molar-refractivity contribution in [2.24, 2.45) is 0 Å². The van der Waals surface area contributed by atoms with E-state index in [1.165, 1.54) is 0 Å². The summed E-state index contributed by atoms with van der Waals surface area (Å²) in [7, 11) is 0. The first-order valence-corrected chi connectivity index (χ1v) is 7.07. The smallest absolute Gasteiger partial charge is 0.172 e. The maximum Gasteiger partial charge on any atom is 0.172 e. The zero-order valence-corrected chi connectivity index (χ0v) is 10.9. The first-order chi connectivity index (χ1) is 8.79. The summed E-state index contributed by atoms with van der Waals surface area (Å²) in [6.07, 6.45) is 2.07. The molecule has 1 fully saturated rings. The number of ketones is 1. The van der Waals surface area contributed by atoms with Gasteiger partial charge in [0.1, 0.15) is 0 Å². The van der Waals surface area contributed by atoms with Crippen LogP contribution in [0.1, 0.15) is 28.8 Å². The molecule has 0 amide bonds. The number of carbonyl (C=O) groups excluding carboxylic acids is 1. The fraction of sp³-hybridized carbons (Fsp3) is 0.429. The number of benzene rings is 1. The van der Waals surface area contributed by atoms with Gasteiger partial charge in [0, 0.05) is 24.0 Å². The Morgan fingerprint density at radius 3 is 2.61 bits per heavy atom. The maximum absolute atomic E-state index is 12.0. The van der Waals surface area contributed by atoms with Crippen LogP contribution < -0.4 is 0 Å². The molecule has 1 aromatic carbocycles. The lowest BCUT2D eigenvalue weighted by Crippen LogP contribution is -2.19. The van der Waals surface area contributed by atoms with Crippen molar-refractivity contribution in [1.82, 2.24) is 0 Å². The Kier molecular flexibility index (Phi) is 4.80. The van der Waals surface area contributed by atoms with Crippen LogP contribution in [0.3, 0.4) is 0 Å². The van der Waals surface area contributed by atoms with Gasteiger partial charge >= 0.3 is 0 Å². The molecule has 18 heavy (non-hydrogen) atoms. The number of rotatable bonds is 4. The molecule has 1 heterocycles. The minimum absolute atomic E-state index is 0.135. The second-order valence-electron chi connectivity index (χ2n) is 4.24. The summed E-state index contributed by atoms with van der Waals surface area (Å²) in [5.41, 5.74) is 1.28.